The molecule has 2 aromatic heterocycles. The van der Waals surface area contributed by atoms with Crippen molar-refractivity contribution in [2.75, 3.05) is 6.54 Å². The number of urea groups is 1. The molecule has 148 valence electrons. The van der Waals surface area contributed by atoms with E-state index in [0.717, 1.165) is 11.1 Å². The maximum Gasteiger partial charge on any atom is 0.417 e. The number of amides is 4. The number of carbonyl (C=O) groups is 3. The average Bonchev–Trinajstić information content (AvgIpc) is 3.06. The lowest BCUT2D eigenvalue weighted by atomic mass is 10.1. The topological polar surface area (TPSA) is 109 Å². The summed E-state index contributed by atoms with van der Waals surface area (Å²) in [5.41, 5.74) is 2.97. The summed E-state index contributed by atoms with van der Waals surface area (Å²) in [5, 5.41) is 7.12. The number of hydrogen-bond donors (Lipinski definition) is 2. The van der Waals surface area contributed by atoms with Crippen LogP contribution in [0.4, 0.5) is 18.0 Å². The Morgan fingerprint density at radius 2 is 2.00 bits per heavy atom. The molecule has 9 nitrogen and oxygen atoms in total. The standard InChI is InChI=1S/C16H15F3N6O3/c1-8-11(5-13(26)23-24-7-14(27)21-15(24)28)9(2)25(22-8)12-4-3-10(6-20-12)16(17,18)19/h3-4,6H,5,7H2,1-2H3,(H,23,26)(H,21,27,28). The fourth-order valence-electron chi connectivity index (χ4n) is 2.72. The molecule has 12 heteroatoms. The van der Waals surface area contributed by atoms with Crippen molar-refractivity contribution in [2.45, 2.75) is 26.4 Å². The lowest BCUT2D eigenvalue weighted by Crippen LogP contribution is -2.44. The number of hydrogen-bond acceptors (Lipinski definition) is 5. The minimum absolute atomic E-state index is 0.143. The normalized spacial score (nSPS) is 14.4. The predicted molar refractivity (Wildman–Crippen MR) is 87.9 cm³/mol. The van der Waals surface area contributed by atoms with Crippen molar-refractivity contribution in [3.05, 3.63) is 40.8 Å². The van der Waals surface area contributed by atoms with Crippen molar-refractivity contribution in [1.82, 2.24) is 30.5 Å². The summed E-state index contributed by atoms with van der Waals surface area (Å²) in [6, 6.07) is 1.36. The van der Waals surface area contributed by atoms with Crippen LogP contribution in [0.1, 0.15) is 22.5 Å². The molecule has 0 radical (unpaired) electrons. The Kier molecular flexibility index (Phi) is 4.79. The van der Waals surface area contributed by atoms with E-state index in [-0.39, 0.29) is 18.8 Å². The summed E-state index contributed by atoms with van der Waals surface area (Å²) in [4.78, 5) is 38.6. The van der Waals surface area contributed by atoms with Gasteiger partial charge in [-0.15, -0.1) is 0 Å². The molecule has 3 heterocycles. The first-order valence-electron chi connectivity index (χ1n) is 8.06. The van der Waals surface area contributed by atoms with E-state index in [9.17, 15) is 27.6 Å². The van der Waals surface area contributed by atoms with Gasteiger partial charge in [0.1, 0.15) is 6.54 Å². The first-order chi connectivity index (χ1) is 13.1. The van der Waals surface area contributed by atoms with E-state index in [0.29, 0.717) is 23.1 Å². The Balaban J connectivity index is 1.77. The van der Waals surface area contributed by atoms with Crippen LogP contribution in [0.15, 0.2) is 18.3 Å². The second-order valence-electron chi connectivity index (χ2n) is 6.12. The number of alkyl halides is 3. The maximum atomic E-state index is 12.7. The molecule has 0 aromatic carbocycles. The molecular weight excluding hydrogens is 381 g/mol. The van der Waals surface area contributed by atoms with Crippen LogP contribution in [-0.4, -0.2) is 44.2 Å². The summed E-state index contributed by atoms with van der Waals surface area (Å²) < 4.78 is 39.4. The lowest BCUT2D eigenvalue weighted by Gasteiger charge is -2.14. The van der Waals surface area contributed by atoms with E-state index in [2.05, 4.69) is 15.5 Å². The summed E-state index contributed by atoms with van der Waals surface area (Å²) in [5.74, 6) is -0.903. The van der Waals surface area contributed by atoms with Gasteiger partial charge >= 0.3 is 12.2 Å². The SMILES string of the molecule is Cc1nn(-c2ccc(C(F)(F)F)cn2)c(C)c1CC(=O)NN1CC(=O)NC1=O. The number of hydrazine groups is 1. The number of aromatic nitrogens is 3. The lowest BCUT2D eigenvalue weighted by molar-refractivity contribution is -0.137. The Morgan fingerprint density at radius 1 is 1.29 bits per heavy atom. The molecule has 1 saturated heterocycles. The molecule has 2 N–H and O–H groups in total. The van der Waals surface area contributed by atoms with Gasteiger partial charge in [-0.1, -0.05) is 0 Å². The Labute approximate surface area is 156 Å². The highest BCUT2D eigenvalue weighted by molar-refractivity contribution is 6.02. The van der Waals surface area contributed by atoms with Gasteiger partial charge in [-0.05, 0) is 26.0 Å². The van der Waals surface area contributed by atoms with Crippen molar-refractivity contribution in [2.24, 2.45) is 0 Å². The molecule has 3 rings (SSSR count). The van der Waals surface area contributed by atoms with Crippen molar-refractivity contribution in [3.8, 4) is 5.82 Å². The molecule has 0 atom stereocenters. The van der Waals surface area contributed by atoms with Crippen molar-refractivity contribution in [1.29, 1.82) is 0 Å². The van der Waals surface area contributed by atoms with Gasteiger partial charge in [0.05, 0.1) is 17.7 Å². The van der Waals surface area contributed by atoms with E-state index >= 15 is 0 Å². The van der Waals surface area contributed by atoms with Gasteiger partial charge in [-0.25, -0.2) is 19.5 Å². The molecular formula is C16H15F3N6O3. The quantitative estimate of drug-likeness (QED) is 0.751. The fourth-order valence-corrected chi connectivity index (χ4v) is 2.72. The van der Waals surface area contributed by atoms with Crippen LogP contribution in [-0.2, 0) is 22.2 Å². The van der Waals surface area contributed by atoms with Gasteiger partial charge in [0.2, 0.25) is 11.8 Å². The molecule has 1 aliphatic heterocycles. The Bertz CT molecular complexity index is 952. The number of imide groups is 1. The molecule has 1 aliphatic rings. The Morgan fingerprint density at radius 3 is 2.54 bits per heavy atom. The van der Waals surface area contributed by atoms with Gasteiger partial charge in [0.15, 0.2) is 5.82 Å². The second-order valence-corrected chi connectivity index (χ2v) is 6.12. The molecule has 28 heavy (non-hydrogen) atoms. The maximum absolute atomic E-state index is 12.7. The number of carbonyl (C=O) groups excluding carboxylic acids is 3. The highest BCUT2D eigenvalue weighted by Gasteiger charge is 2.31. The zero-order valence-corrected chi connectivity index (χ0v) is 14.8. The van der Waals surface area contributed by atoms with Gasteiger partial charge < -0.3 is 0 Å². The number of nitrogens with one attached hydrogen (secondary N) is 2. The number of rotatable bonds is 4. The molecule has 4 amide bonds. The molecule has 0 spiro atoms. The van der Waals surface area contributed by atoms with Crippen molar-refractivity contribution >= 4 is 17.8 Å². The van der Waals surface area contributed by atoms with Gasteiger partial charge in [0.25, 0.3) is 0 Å². The predicted octanol–water partition coefficient (Wildman–Crippen LogP) is 1.03. The molecule has 1 fully saturated rings. The third-order valence-electron chi connectivity index (χ3n) is 4.12. The minimum atomic E-state index is -4.49. The van der Waals surface area contributed by atoms with E-state index in [4.69, 9.17) is 0 Å². The summed E-state index contributed by atoms with van der Waals surface area (Å²) in [6.45, 7) is 3.01. The number of halogens is 3. The zero-order valence-electron chi connectivity index (χ0n) is 14.8. The van der Waals surface area contributed by atoms with Crippen molar-refractivity contribution < 1.29 is 27.6 Å². The van der Waals surface area contributed by atoms with E-state index in [1.165, 1.54) is 10.7 Å². The Hall–Kier alpha value is -3.44. The van der Waals surface area contributed by atoms with Crippen LogP contribution in [0.25, 0.3) is 5.82 Å². The summed E-state index contributed by atoms with van der Waals surface area (Å²) in [6.07, 6.45) is -3.93. The van der Waals surface area contributed by atoms with Crippen LogP contribution >= 0.6 is 0 Å². The zero-order chi connectivity index (χ0) is 20.6. The number of nitrogens with zero attached hydrogens (tertiary/aromatic N) is 4. The average molecular weight is 396 g/mol. The van der Waals surface area contributed by atoms with Gasteiger partial charge in [0, 0.05) is 17.5 Å². The minimum Gasteiger partial charge on any atom is -0.275 e. The molecule has 0 unspecified atom stereocenters. The highest BCUT2D eigenvalue weighted by atomic mass is 19.4. The first-order valence-corrected chi connectivity index (χ1v) is 8.06. The third kappa shape index (κ3) is 3.80. The highest BCUT2D eigenvalue weighted by Crippen LogP contribution is 2.29. The number of aryl methyl sites for hydroxylation is 1. The summed E-state index contributed by atoms with van der Waals surface area (Å²) >= 11 is 0. The van der Waals surface area contributed by atoms with Crippen LogP contribution < -0.4 is 10.7 Å². The third-order valence-corrected chi connectivity index (χ3v) is 4.12. The fraction of sp³-hybridized carbons (Fsp3) is 0.312. The molecule has 2 aromatic rings. The number of pyridine rings is 1. The van der Waals surface area contributed by atoms with Gasteiger partial charge in [-0.3, -0.25) is 20.3 Å². The van der Waals surface area contributed by atoms with Gasteiger partial charge in [-0.2, -0.15) is 18.3 Å². The van der Waals surface area contributed by atoms with Crippen LogP contribution in [0.3, 0.4) is 0 Å². The van der Waals surface area contributed by atoms with Crippen LogP contribution in [0.2, 0.25) is 0 Å². The molecule has 0 bridgehead atoms. The largest absolute Gasteiger partial charge is 0.417 e. The molecule has 0 aliphatic carbocycles. The van der Waals surface area contributed by atoms with E-state index in [1.54, 1.807) is 13.8 Å². The van der Waals surface area contributed by atoms with Crippen molar-refractivity contribution in [3.63, 3.8) is 0 Å². The van der Waals surface area contributed by atoms with Crippen LogP contribution in [0, 0.1) is 13.8 Å². The van der Waals surface area contributed by atoms with Crippen LogP contribution in [0.5, 0.6) is 0 Å². The second kappa shape index (κ2) is 6.94. The smallest absolute Gasteiger partial charge is 0.275 e. The van der Waals surface area contributed by atoms with E-state index < -0.39 is 29.6 Å². The monoisotopic (exact) mass is 396 g/mol. The van der Waals surface area contributed by atoms with E-state index in [1.807, 2.05) is 5.32 Å². The summed E-state index contributed by atoms with van der Waals surface area (Å²) in [7, 11) is 0. The first kappa shape index (κ1) is 19.3. The molecule has 0 saturated carbocycles.